The van der Waals surface area contributed by atoms with Crippen LogP contribution in [0.3, 0.4) is 0 Å². The number of carbonyl (C=O) groups is 1. The van der Waals surface area contributed by atoms with Gasteiger partial charge in [0.15, 0.2) is 0 Å². The molecule has 2 aliphatic heterocycles. The van der Waals surface area contributed by atoms with E-state index in [0.29, 0.717) is 12.5 Å². The number of hydrogen-bond donors (Lipinski definition) is 1. The second-order valence-corrected chi connectivity index (χ2v) is 5.56. The van der Waals surface area contributed by atoms with Crippen LogP contribution in [-0.2, 0) is 13.0 Å². The number of benzene rings is 1. The molecule has 1 fully saturated rings. The molecular formula is C15H21N3O. The molecule has 1 unspecified atom stereocenters. The molecule has 0 saturated carbocycles. The average molecular weight is 259 g/mol. The Morgan fingerprint density at radius 1 is 1.21 bits per heavy atom. The SMILES string of the molecule is NCC1CCN(C(=O)N2CCc3ccccc3C2)C1. The lowest BCUT2D eigenvalue weighted by molar-refractivity contribution is 0.156. The molecule has 0 spiro atoms. The van der Waals surface area contributed by atoms with E-state index in [0.717, 1.165) is 39.0 Å². The number of carbonyl (C=O) groups excluding carboxylic acids is 1. The third-order valence-electron chi connectivity index (χ3n) is 4.29. The first-order valence-corrected chi connectivity index (χ1v) is 7.08. The summed E-state index contributed by atoms with van der Waals surface area (Å²) in [6.45, 7) is 3.96. The summed E-state index contributed by atoms with van der Waals surface area (Å²) >= 11 is 0. The van der Waals surface area contributed by atoms with E-state index in [1.165, 1.54) is 11.1 Å². The van der Waals surface area contributed by atoms with Gasteiger partial charge in [-0.1, -0.05) is 24.3 Å². The molecule has 2 heterocycles. The van der Waals surface area contributed by atoms with Crippen molar-refractivity contribution in [2.75, 3.05) is 26.2 Å². The topological polar surface area (TPSA) is 49.6 Å². The van der Waals surface area contributed by atoms with Crippen molar-refractivity contribution in [1.29, 1.82) is 0 Å². The van der Waals surface area contributed by atoms with Crippen LogP contribution in [0.25, 0.3) is 0 Å². The number of hydrogen-bond acceptors (Lipinski definition) is 2. The van der Waals surface area contributed by atoms with Gasteiger partial charge in [0, 0.05) is 26.2 Å². The Labute approximate surface area is 114 Å². The highest BCUT2D eigenvalue weighted by atomic mass is 16.2. The van der Waals surface area contributed by atoms with Gasteiger partial charge in [-0.25, -0.2) is 4.79 Å². The quantitative estimate of drug-likeness (QED) is 0.830. The smallest absolute Gasteiger partial charge is 0.320 e. The lowest BCUT2D eigenvalue weighted by Crippen LogP contribution is -2.44. The summed E-state index contributed by atoms with van der Waals surface area (Å²) in [6.07, 6.45) is 2.02. The van der Waals surface area contributed by atoms with Crippen molar-refractivity contribution in [3.8, 4) is 0 Å². The zero-order valence-electron chi connectivity index (χ0n) is 11.2. The highest BCUT2D eigenvalue weighted by molar-refractivity contribution is 5.75. The number of nitrogens with two attached hydrogens (primary N) is 1. The highest BCUT2D eigenvalue weighted by Crippen LogP contribution is 2.22. The lowest BCUT2D eigenvalue weighted by Gasteiger charge is -2.32. The van der Waals surface area contributed by atoms with E-state index in [9.17, 15) is 4.79 Å². The van der Waals surface area contributed by atoms with Gasteiger partial charge in [0.2, 0.25) is 0 Å². The van der Waals surface area contributed by atoms with Crippen LogP contribution in [0.2, 0.25) is 0 Å². The normalized spacial score (nSPS) is 22.5. The third-order valence-corrected chi connectivity index (χ3v) is 4.29. The summed E-state index contributed by atoms with van der Waals surface area (Å²) in [4.78, 5) is 16.4. The summed E-state index contributed by atoms with van der Waals surface area (Å²) in [6, 6.07) is 8.60. The van der Waals surface area contributed by atoms with E-state index in [1.54, 1.807) is 0 Å². The van der Waals surface area contributed by atoms with Crippen molar-refractivity contribution in [3.05, 3.63) is 35.4 Å². The van der Waals surface area contributed by atoms with Crippen molar-refractivity contribution in [1.82, 2.24) is 9.80 Å². The van der Waals surface area contributed by atoms with Gasteiger partial charge >= 0.3 is 6.03 Å². The standard InChI is InChI=1S/C15H21N3O/c16-9-12-5-7-17(10-12)15(19)18-8-6-13-3-1-2-4-14(13)11-18/h1-4,12H,5-11,16H2. The average Bonchev–Trinajstić information content (AvgIpc) is 2.95. The fourth-order valence-corrected chi connectivity index (χ4v) is 3.06. The molecule has 1 atom stereocenters. The van der Waals surface area contributed by atoms with E-state index in [4.69, 9.17) is 5.73 Å². The molecule has 2 amide bonds. The van der Waals surface area contributed by atoms with Crippen molar-refractivity contribution in [2.45, 2.75) is 19.4 Å². The maximum Gasteiger partial charge on any atom is 0.320 e. The van der Waals surface area contributed by atoms with Crippen molar-refractivity contribution >= 4 is 6.03 Å². The van der Waals surface area contributed by atoms with Gasteiger partial charge in [0.1, 0.15) is 0 Å². The predicted molar refractivity (Wildman–Crippen MR) is 74.7 cm³/mol. The molecule has 0 bridgehead atoms. The molecule has 0 aliphatic carbocycles. The Bertz CT molecular complexity index is 474. The second kappa shape index (κ2) is 5.21. The molecule has 1 aromatic carbocycles. The zero-order valence-corrected chi connectivity index (χ0v) is 11.2. The first-order chi connectivity index (χ1) is 9.28. The van der Waals surface area contributed by atoms with E-state index in [1.807, 2.05) is 15.9 Å². The van der Waals surface area contributed by atoms with Crippen LogP contribution in [0.4, 0.5) is 4.79 Å². The van der Waals surface area contributed by atoms with Gasteiger partial charge in [-0.2, -0.15) is 0 Å². The Kier molecular flexibility index (Phi) is 3.42. The second-order valence-electron chi connectivity index (χ2n) is 5.56. The summed E-state index contributed by atoms with van der Waals surface area (Å²) in [5.41, 5.74) is 8.36. The summed E-state index contributed by atoms with van der Waals surface area (Å²) in [5.74, 6) is 0.487. The molecule has 0 aromatic heterocycles. The number of rotatable bonds is 1. The molecule has 2 N–H and O–H groups in total. The van der Waals surface area contributed by atoms with Gasteiger partial charge in [-0.3, -0.25) is 0 Å². The van der Waals surface area contributed by atoms with E-state index >= 15 is 0 Å². The van der Waals surface area contributed by atoms with Crippen LogP contribution in [0.1, 0.15) is 17.5 Å². The monoisotopic (exact) mass is 259 g/mol. The minimum Gasteiger partial charge on any atom is -0.330 e. The van der Waals surface area contributed by atoms with Crippen LogP contribution in [0.5, 0.6) is 0 Å². The molecule has 2 aliphatic rings. The Balaban J connectivity index is 1.66. The van der Waals surface area contributed by atoms with Crippen molar-refractivity contribution in [2.24, 2.45) is 11.7 Å². The molecule has 1 saturated heterocycles. The van der Waals surface area contributed by atoms with Gasteiger partial charge in [0.05, 0.1) is 0 Å². The maximum absolute atomic E-state index is 12.5. The fourth-order valence-electron chi connectivity index (χ4n) is 3.06. The Morgan fingerprint density at radius 3 is 2.74 bits per heavy atom. The first kappa shape index (κ1) is 12.5. The first-order valence-electron chi connectivity index (χ1n) is 7.08. The number of likely N-dealkylation sites (tertiary alicyclic amines) is 1. The largest absolute Gasteiger partial charge is 0.330 e. The van der Waals surface area contributed by atoms with Gasteiger partial charge < -0.3 is 15.5 Å². The Hall–Kier alpha value is -1.55. The minimum absolute atomic E-state index is 0.186. The maximum atomic E-state index is 12.5. The molecule has 3 rings (SSSR count). The van der Waals surface area contributed by atoms with Crippen LogP contribution in [0, 0.1) is 5.92 Å². The van der Waals surface area contributed by atoms with E-state index < -0.39 is 0 Å². The van der Waals surface area contributed by atoms with Crippen LogP contribution in [-0.4, -0.2) is 42.0 Å². The van der Waals surface area contributed by atoms with Gasteiger partial charge in [-0.15, -0.1) is 0 Å². The number of nitrogens with zero attached hydrogens (tertiary/aromatic N) is 2. The summed E-state index contributed by atoms with van der Waals surface area (Å²) in [5, 5.41) is 0. The molecule has 102 valence electrons. The third kappa shape index (κ3) is 2.45. The van der Waals surface area contributed by atoms with Crippen molar-refractivity contribution in [3.63, 3.8) is 0 Å². The molecule has 4 nitrogen and oxygen atoms in total. The van der Waals surface area contributed by atoms with Crippen LogP contribution < -0.4 is 5.73 Å². The minimum atomic E-state index is 0.186. The fraction of sp³-hybridized carbons (Fsp3) is 0.533. The van der Waals surface area contributed by atoms with Gasteiger partial charge in [-0.05, 0) is 36.4 Å². The van der Waals surface area contributed by atoms with Gasteiger partial charge in [0.25, 0.3) is 0 Å². The van der Waals surface area contributed by atoms with Crippen molar-refractivity contribution < 1.29 is 4.79 Å². The number of fused-ring (bicyclic) bond motifs is 1. The Morgan fingerprint density at radius 2 is 2.00 bits per heavy atom. The van der Waals surface area contributed by atoms with Crippen LogP contribution in [0.15, 0.2) is 24.3 Å². The molecular weight excluding hydrogens is 238 g/mol. The molecule has 1 aromatic rings. The summed E-state index contributed by atoms with van der Waals surface area (Å²) in [7, 11) is 0. The molecule has 4 heteroatoms. The predicted octanol–water partition coefficient (Wildman–Crippen LogP) is 1.45. The van der Waals surface area contributed by atoms with E-state index in [-0.39, 0.29) is 6.03 Å². The molecule has 19 heavy (non-hydrogen) atoms. The van der Waals surface area contributed by atoms with Crippen LogP contribution >= 0.6 is 0 Å². The number of amides is 2. The zero-order chi connectivity index (χ0) is 13.2. The molecule has 0 radical (unpaired) electrons. The highest BCUT2D eigenvalue weighted by Gasteiger charge is 2.30. The number of urea groups is 1. The summed E-state index contributed by atoms with van der Waals surface area (Å²) < 4.78 is 0. The van der Waals surface area contributed by atoms with E-state index in [2.05, 4.69) is 18.2 Å². The lowest BCUT2D eigenvalue weighted by atomic mass is 10.0.